The third-order valence-electron chi connectivity index (χ3n) is 2.37. The zero-order chi connectivity index (χ0) is 12.8. The average Bonchev–Trinajstić information content (AvgIpc) is 2.42. The number of hydrogen-bond acceptors (Lipinski definition) is 3. The summed E-state index contributed by atoms with van der Waals surface area (Å²) in [6.45, 7) is 2.57. The lowest BCUT2D eigenvalue weighted by Crippen LogP contribution is -1.91. The van der Waals surface area contributed by atoms with E-state index in [1.54, 1.807) is 12.1 Å². The second-order valence-electron chi connectivity index (χ2n) is 3.61. The molecule has 2 aromatic carbocycles. The van der Waals surface area contributed by atoms with Crippen LogP contribution < -0.4 is 9.47 Å². The number of ether oxygens (including phenoxy) is 2. The molecule has 0 N–H and O–H groups in total. The Morgan fingerprint density at radius 3 is 2.33 bits per heavy atom. The van der Waals surface area contributed by atoms with Gasteiger partial charge in [-0.3, -0.25) is 0 Å². The van der Waals surface area contributed by atoms with Gasteiger partial charge in [0, 0.05) is 0 Å². The van der Waals surface area contributed by atoms with Crippen LogP contribution in [0.15, 0.2) is 48.5 Å². The molecule has 0 amide bonds. The second-order valence-corrected chi connectivity index (χ2v) is 3.61. The predicted octanol–water partition coefficient (Wildman–Crippen LogP) is 3.75. The van der Waals surface area contributed by atoms with E-state index in [1.807, 2.05) is 43.3 Å². The van der Waals surface area contributed by atoms with Gasteiger partial charge >= 0.3 is 0 Å². The Morgan fingerprint density at radius 1 is 1.00 bits per heavy atom. The number of benzene rings is 2. The van der Waals surface area contributed by atoms with Gasteiger partial charge in [-0.05, 0) is 43.3 Å². The molecule has 3 heteroatoms. The average molecular weight is 239 g/mol. The largest absolute Gasteiger partial charge is 0.494 e. The van der Waals surface area contributed by atoms with Gasteiger partial charge in [-0.25, -0.2) is 0 Å². The van der Waals surface area contributed by atoms with Crippen LogP contribution in [-0.2, 0) is 0 Å². The van der Waals surface area contributed by atoms with E-state index in [-0.39, 0.29) is 0 Å². The van der Waals surface area contributed by atoms with Crippen LogP contribution in [0.2, 0.25) is 0 Å². The number of nitrogens with zero attached hydrogens (tertiary/aromatic N) is 1. The van der Waals surface area contributed by atoms with Crippen molar-refractivity contribution in [1.82, 2.24) is 0 Å². The molecular weight excluding hydrogens is 226 g/mol. The number of para-hydroxylation sites is 1. The van der Waals surface area contributed by atoms with Gasteiger partial charge in [-0.1, -0.05) is 12.1 Å². The quantitative estimate of drug-likeness (QED) is 0.816. The van der Waals surface area contributed by atoms with Gasteiger partial charge in [-0.2, -0.15) is 5.26 Å². The van der Waals surface area contributed by atoms with Gasteiger partial charge in [0.15, 0.2) is 0 Å². The molecule has 0 bridgehead atoms. The highest BCUT2D eigenvalue weighted by Crippen LogP contribution is 2.26. The first-order chi connectivity index (χ1) is 8.83. The van der Waals surface area contributed by atoms with E-state index in [0.717, 1.165) is 5.75 Å². The van der Waals surface area contributed by atoms with Crippen molar-refractivity contribution >= 4 is 0 Å². The smallest absolute Gasteiger partial charge is 0.145 e. The van der Waals surface area contributed by atoms with Crippen LogP contribution in [0, 0.1) is 11.3 Å². The fourth-order valence-corrected chi connectivity index (χ4v) is 1.55. The number of hydrogen-bond donors (Lipinski definition) is 0. The summed E-state index contributed by atoms with van der Waals surface area (Å²) in [4.78, 5) is 0. The van der Waals surface area contributed by atoms with E-state index in [9.17, 15) is 0 Å². The third-order valence-corrected chi connectivity index (χ3v) is 2.37. The molecule has 0 spiro atoms. The first-order valence-electron chi connectivity index (χ1n) is 5.73. The van der Waals surface area contributed by atoms with Crippen molar-refractivity contribution in [1.29, 1.82) is 5.26 Å². The topological polar surface area (TPSA) is 42.2 Å². The van der Waals surface area contributed by atoms with Crippen molar-refractivity contribution in [3.63, 3.8) is 0 Å². The second kappa shape index (κ2) is 5.74. The molecule has 2 aromatic rings. The Bertz CT molecular complexity index is 555. The maximum absolute atomic E-state index is 8.96. The van der Waals surface area contributed by atoms with Gasteiger partial charge in [-0.15, -0.1) is 0 Å². The van der Waals surface area contributed by atoms with E-state index in [1.165, 1.54) is 0 Å². The fourth-order valence-electron chi connectivity index (χ4n) is 1.55. The van der Waals surface area contributed by atoms with Gasteiger partial charge in [0.25, 0.3) is 0 Å². The molecule has 0 saturated heterocycles. The summed E-state index contributed by atoms with van der Waals surface area (Å²) >= 11 is 0. The molecule has 0 unspecified atom stereocenters. The minimum atomic E-state index is 0.520. The Balaban J connectivity index is 2.16. The van der Waals surface area contributed by atoms with Crippen LogP contribution >= 0.6 is 0 Å². The van der Waals surface area contributed by atoms with Gasteiger partial charge in [0.05, 0.1) is 12.2 Å². The lowest BCUT2D eigenvalue weighted by atomic mass is 10.2. The van der Waals surface area contributed by atoms with E-state index in [2.05, 4.69) is 6.07 Å². The maximum atomic E-state index is 8.96. The molecule has 0 fully saturated rings. The molecule has 0 aliphatic rings. The van der Waals surface area contributed by atoms with E-state index >= 15 is 0 Å². The summed E-state index contributed by atoms with van der Waals surface area (Å²) < 4.78 is 11.0. The lowest BCUT2D eigenvalue weighted by Gasteiger charge is -2.08. The van der Waals surface area contributed by atoms with Crippen molar-refractivity contribution < 1.29 is 9.47 Å². The SMILES string of the molecule is CCOc1ccc(Oc2ccccc2C#N)cc1. The van der Waals surface area contributed by atoms with Crippen LogP contribution in [0.4, 0.5) is 0 Å². The third kappa shape index (κ3) is 2.80. The van der Waals surface area contributed by atoms with Crippen LogP contribution in [0.25, 0.3) is 0 Å². The van der Waals surface area contributed by atoms with Crippen molar-refractivity contribution in [3.05, 3.63) is 54.1 Å². The van der Waals surface area contributed by atoms with Crippen molar-refractivity contribution in [3.8, 4) is 23.3 Å². The van der Waals surface area contributed by atoms with Crippen LogP contribution in [0.3, 0.4) is 0 Å². The fraction of sp³-hybridized carbons (Fsp3) is 0.133. The number of rotatable bonds is 4. The summed E-state index contributed by atoms with van der Waals surface area (Å²) in [5.74, 6) is 2.05. The molecule has 18 heavy (non-hydrogen) atoms. The summed E-state index contributed by atoms with van der Waals surface area (Å²) in [6.07, 6.45) is 0. The molecule has 0 atom stereocenters. The minimum Gasteiger partial charge on any atom is -0.494 e. The first kappa shape index (κ1) is 12.0. The Kier molecular flexibility index (Phi) is 3.83. The molecule has 0 aliphatic carbocycles. The molecule has 3 nitrogen and oxygen atoms in total. The lowest BCUT2D eigenvalue weighted by molar-refractivity contribution is 0.339. The molecule has 0 aliphatic heterocycles. The Labute approximate surface area is 106 Å². The molecular formula is C15H13NO2. The van der Waals surface area contributed by atoms with Gasteiger partial charge in [0.1, 0.15) is 23.3 Å². The molecule has 0 heterocycles. The predicted molar refractivity (Wildman–Crippen MR) is 68.8 cm³/mol. The van der Waals surface area contributed by atoms with Crippen molar-refractivity contribution in [2.75, 3.05) is 6.61 Å². The summed E-state index contributed by atoms with van der Waals surface area (Å²) in [6, 6.07) is 16.6. The molecule has 90 valence electrons. The minimum absolute atomic E-state index is 0.520. The van der Waals surface area contributed by atoms with E-state index in [4.69, 9.17) is 14.7 Å². The summed E-state index contributed by atoms with van der Waals surface area (Å²) in [5.41, 5.74) is 0.520. The highest BCUT2D eigenvalue weighted by Gasteiger charge is 2.03. The van der Waals surface area contributed by atoms with Crippen LogP contribution in [0.1, 0.15) is 12.5 Å². The number of nitriles is 1. The summed E-state index contributed by atoms with van der Waals surface area (Å²) in [7, 11) is 0. The highest BCUT2D eigenvalue weighted by atomic mass is 16.5. The first-order valence-corrected chi connectivity index (χ1v) is 5.73. The molecule has 2 rings (SSSR count). The molecule has 0 saturated carbocycles. The standard InChI is InChI=1S/C15H13NO2/c1-2-17-13-7-9-14(10-8-13)18-15-6-4-3-5-12(15)11-16/h3-10H,2H2,1H3. The van der Waals surface area contributed by atoms with Crippen molar-refractivity contribution in [2.45, 2.75) is 6.92 Å². The van der Waals surface area contributed by atoms with E-state index < -0.39 is 0 Å². The Hall–Kier alpha value is -2.47. The molecule has 0 radical (unpaired) electrons. The summed E-state index contributed by atoms with van der Waals surface area (Å²) in [5, 5.41) is 8.96. The molecule has 0 aromatic heterocycles. The highest BCUT2D eigenvalue weighted by molar-refractivity contribution is 5.45. The van der Waals surface area contributed by atoms with Crippen LogP contribution in [0.5, 0.6) is 17.2 Å². The van der Waals surface area contributed by atoms with E-state index in [0.29, 0.717) is 23.7 Å². The van der Waals surface area contributed by atoms with Crippen LogP contribution in [-0.4, -0.2) is 6.61 Å². The zero-order valence-corrected chi connectivity index (χ0v) is 10.1. The monoisotopic (exact) mass is 239 g/mol. The zero-order valence-electron chi connectivity index (χ0n) is 10.1. The van der Waals surface area contributed by atoms with Crippen molar-refractivity contribution in [2.24, 2.45) is 0 Å². The Morgan fingerprint density at radius 2 is 1.67 bits per heavy atom. The normalized spacial score (nSPS) is 9.56. The van der Waals surface area contributed by atoms with Gasteiger partial charge < -0.3 is 9.47 Å². The maximum Gasteiger partial charge on any atom is 0.145 e. The van der Waals surface area contributed by atoms with Gasteiger partial charge in [0.2, 0.25) is 0 Å².